The van der Waals surface area contributed by atoms with Gasteiger partial charge >= 0.3 is 0 Å². The van der Waals surface area contributed by atoms with Gasteiger partial charge in [0.05, 0.1) is 35.3 Å². The number of hydrogen-bond acceptors (Lipinski definition) is 2. The molecule has 0 aliphatic rings. The summed E-state index contributed by atoms with van der Waals surface area (Å²) >= 11 is 18.9. The maximum Gasteiger partial charge on any atom is 0.0922 e. The van der Waals surface area contributed by atoms with E-state index in [0.29, 0.717) is 28.3 Å². The lowest BCUT2D eigenvalue weighted by molar-refractivity contribution is 0.105. The van der Waals surface area contributed by atoms with Crippen LogP contribution in [-0.4, -0.2) is 9.78 Å². The Morgan fingerprint density at radius 3 is 2.23 bits per heavy atom. The molecule has 0 atom stereocenters. The Morgan fingerprint density at radius 1 is 0.771 bits per heavy atom. The number of ether oxygens (including phenoxy) is 1. The van der Waals surface area contributed by atoms with Gasteiger partial charge in [0.15, 0.2) is 0 Å². The van der Waals surface area contributed by atoms with Gasteiger partial charge in [-0.05, 0) is 66.1 Å². The summed E-state index contributed by atoms with van der Waals surface area (Å²) in [6.45, 7) is 5.04. The van der Waals surface area contributed by atoms with E-state index in [-0.39, 0.29) is 0 Å². The lowest BCUT2D eigenvalue weighted by atomic mass is 10.0. The standard InChI is InChI=1S/C29H23Cl3N2O/c1-18-7-8-21(25-6-4-3-5-24(18)25)16-35-17-27-19(2)29(20-9-11-22(30)12-10-20)34(33-27)28-14-13-23(31)15-26(28)32/h3-15H,16-17H2,1-2H3. The van der Waals surface area contributed by atoms with E-state index in [4.69, 9.17) is 44.6 Å². The fourth-order valence-electron chi connectivity index (χ4n) is 4.35. The molecule has 6 heteroatoms. The van der Waals surface area contributed by atoms with Crippen molar-refractivity contribution < 1.29 is 4.74 Å². The Balaban J connectivity index is 1.49. The van der Waals surface area contributed by atoms with Crippen molar-refractivity contribution >= 4 is 45.6 Å². The van der Waals surface area contributed by atoms with E-state index < -0.39 is 0 Å². The van der Waals surface area contributed by atoms with Gasteiger partial charge in [0.25, 0.3) is 0 Å². The topological polar surface area (TPSA) is 27.1 Å². The third-order valence-corrected chi connectivity index (χ3v) is 6.99. The van der Waals surface area contributed by atoms with Gasteiger partial charge in [0.1, 0.15) is 0 Å². The molecule has 0 saturated heterocycles. The minimum Gasteiger partial charge on any atom is -0.370 e. The van der Waals surface area contributed by atoms with Crippen LogP contribution in [0.5, 0.6) is 0 Å². The molecule has 0 amide bonds. The highest BCUT2D eigenvalue weighted by molar-refractivity contribution is 6.35. The van der Waals surface area contributed by atoms with Crippen molar-refractivity contribution in [3.63, 3.8) is 0 Å². The highest BCUT2D eigenvalue weighted by Gasteiger charge is 2.19. The summed E-state index contributed by atoms with van der Waals surface area (Å²) < 4.78 is 8.05. The van der Waals surface area contributed by atoms with Gasteiger partial charge in [0, 0.05) is 21.2 Å². The molecule has 5 aromatic rings. The van der Waals surface area contributed by atoms with Crippen LogP contribution in [-0.2, 0) is 18.0 Å². The smallest absolute Gasteiger partial charge is 0.0922 e. The number of aromatic nitrogens is 2. The third-order valence-electron chi connectivity index (χ3n) is 6.20. The van der Waals surface area contributed by atoms with Crippen LogP contribution in [0.4, 0.5) is 0 Å². The van der Waals surface area contributed by atoms with Crippen LogP contribution >= 0.6 is 34.8 Å². The zero-order valence-corrected chi connectivity index (χ0v) is 21.6. The van der Waals surface area contributed by atoms with Gasteiger partial charge in [-0.25, -0.2) is 4.68 Å². The molecule has 4 aromatic carbocycles. The quantitative estimate of drug-likeness (QED) is 0.223. The molecule has 5 rings (SSSR count). The maximum absolute atomic E-state index is 6.57. The van der Waals surface area contributed by atoms with Crippen LogP contribution in [0.15, 0.2) is 78.9 Å². The average Bonchev–Trinajstić information content (AvgIpc) is 3.17. The van der Waals surface area contributed by atoms with Crippen LogP contribution < -0.4 is 0 Å². The van der Waals surface area contributed by atoms with Crippen molar-refractivity contribution in [3.8, 4) is 16.9 Å². The van der Waals surface area contributed by atoms with Crippen LogP contribution in [0.25, 0.3) is 27.7 Å². The number of hydrogen-bond donors (Lipinski definition) is 0. The number of rotatable bonds is 6. The van der Waals surface area contributed by atoms with Crippen LogP contribution in [0, 0.1) is 13.8 Å². The number of benzene rings is 4. The van der Waals surface area contributed by atoms with Crippen LogP contribution in [0.1, 0.15) is 22.4 Å². The Hall–Kier alpha value is -2.82. The fourth-order valence-corrected chi connectivity index (χ4v) is 4.96. The molecule has 0 saturated carbocycles. The summed E-state index contributed by atoms with van der Waals surface area (Å²) in [4.78, 5) is 0. The molecule has 0 N–H and O–H groups in total. The second-order valence-corrected chi connectivity index (χ2v) is 9.79. The molecule has 1 aromatic heterocycles. The summed E-state index contributed by atoms with van der Waals surface area (Å²) in [6, 6.07) is 25.8. The molecular weight excluding hydrogens is 499 g/mol. The molecule has 3 nitrogen and oxygen atoms in total. The van der Waals surface area contributed by atoms with Crippen LogP contribution in [0.3, 0.4) is 0 Å². The van der Waals surface area contributed by atoms with E-state index in [1.54, 1.807) is 6.07 Å². The first-order valence-corrected chi connectivity index (χ1v) is 12.4. The number of halogens is 3. The summed E-state index contributed by atoms with van der Waals surface area (Å²) in [5.74, 6) is 0. The first-order chi connectivity index (χ1) is 16.9. The van der Waals surface area contributed by atoms with Crippen molar-refractivity contribution in [1.29, 1.82) is 0 Å². The molecular formula is C29H23Cl3N2O. The average molecular weight is 522 g/mol. The van der Waals surface area contributed by atoms with Gasteiger partial charge < -0.3 is 4.74 Å². The fraction of sp³-hybridized carbons (Fsp3) is 0.138. The van der Waals surface area contributed by atoms with E-state index in [0.717, 1.165) is 33.8 Å². The first kappa shape index (κ1) is 23.9. The molecule has 0 aliphatic heterocycles. The predicted octanol–water partition coefficient (Wildman–Crippen LogP) is 8.99. The van der Waals surface area contributed by atoms with E-state index in [9.17, 15) is 0 Å². The molecule has 0 bridgehead atoms. The lowest BCUT2D eigenvalue weighted by Crippen LogP contribution is -2.02. The zero-order chi connectivity index (χ0) is 24.5. The maximum atomic E-state index is 6.57. The summed E-state index contributed by atoms with van der Waals surface area (Å²) in [6.07, 6.45) is 0. The van der Waals surface area contributed by atoms with E-state index in [1.165, 1.54) is 16.3 Å². The molecule has 0 fully saturated rings. The molecule has 0 aliphatic carbocycles. The SMILES string of the molecule is Cc1c(COCc2ccc(C)c3ccccc23)nn(-c2ccc(Cl)cc2Cl)c1-c1ccc(Cl)cc1. The van der Waals surface area contributed by atoms with Crippen molar-refractivity contribution in [3.05, 3.63) is 116 Å². The normalized spacial score (nSPS) is 11.3. The van der Waals surface area contributed by atoms with Crippen molar-refractivity contribution in [2.24, 2.45) is 0 Å². The van der Waals surface area contributed by atoms with E-state index in [2.05, 4.69) is 50.2 Å². The summed E-state index contributed by atoms with van der Waals surface area (Å²) in [5, 5.41) is 9.14. The highest BCUT2D eigenvalue weighted by atomic mass is 35.5. The number of fused-ring (bicyclic) bond motifs is 1. The zero-order valence-electron chi connectivity index (χ0n) is 19.4. The lowest BCUT2D eigenvalue weighted by Gasteiger charge is -2.11. The monoisotopic (exact) mass is 520 g/mol. The predicted molar refractivity (Wildman–Crippen MR) is 146 cm³/mol. The molecule has 0 unspecified atom stereocenters. The second kappa shape index (κ2) is 10.0. The second-order valence-electron chi connectivity index (χ2n) is 8.51. The largest absolute Gasteiger partial charge is 0.370 e. The Labute approximate surface area is 219 Å². The first-order valence-electron chi connectivity index (χ1n) is 11.3. The Morgan fingerprint density at radius 2 is 1.49 bits per heavy atom. The van der Waals surface area contributed by atoms with Gasteiger partial charge in [-0.15, -0.1) is 0 Å². The molecule has 1 heterocycles. The summed E-state index contributed by atoms with van der Waals surface area (Å²) in [5.41, 5.74) is 6.95. The minimum atomic E-state index is 0.368. The van der Waals surface area contributed by atoms with Crippen molar-refractivity contribution in [2.45, 2.75) is 27.1 Å². The van der Waals surface area contributed by atoms with Gasteiger partial charge in [0.2, 0.25) is 0 Å². The molecule has 176 valence electrons. The van der Waals surface area contributed by atoms with E-state index in [1.807, 2.05) is 41.1 Å². The third kappa shape index (κ3) is 4.82. The van der Waals surface area contributed by atoms with Crippen molar-refractivity contribution in [2.75, 3.05) is 0 Å². The van der Waals surface area contributed by atoms with Crippen molar-refractivity contribution in [1.82, 2.24) is 9.78 Å². The highest BCUT2D eigenvalue weighted by Crippen LogP contribution is 2.33. The molecule has 0 spiro atoms. The van der Waals surface area contributed by atoms with Crippen LogP contribution in [0.2, 0.25) is 15.1 Å². The van der Waals surface area contributed by atoms with Gasteiger partial charge in [-0.2, -0.15) is 5.10 Å². The Bertz CT molecular complexity index is 1520. The number of aryl methyl sites for hydroxylation is 1. The molecule has 35 heavy (non-hydrogen) atoms. The Kier molecular flexibility index (Phi) is 6.86. The minimum absolute atomic E-state index is 0.368. The number of nitrogens with zero attached hydrogens (tertiary/aromatic N) is 2. The van der Waals surface area contributed by atoms with E-state index >= 15 is 0 Å². The summed E-state index contributed by atoms with van der Waals surface area (Å²) in [7, 11) is 0. The van der Waals surface area contributed by atoms with Gasteiger partial charge in [-0.1, -0.05) is 83.3 Å². The van der Waals surface area contributed by atoms with Gasteiger partial charge in [-0.3, -0.25) is 0 Å². The molecule has 0 radical (unpaired) electrons.